The smallest absolute Gasteiger partial charge is 0.144 e. The van der Waals surface area contributed by atoms with Crippen LogP contribution in [0.1, 0.15) is 30.4 Å². The Balaban J connectivity index is 1.48. The second-order valence-electron chi connectivity index (χ2n) is 6.38. The molecular formula is C20H24N4. The van der Waals surface area contributed by atoms with Gasteiger partial charge in [-0.1, -0.05) is 30.3 Å². The molecule has 0 amide bonds. The predicted octanol–water partition coefficient (Wildman–Crippen LogP) is 3.46. The Bertz CT molecular complexity index is 678. The highest BCUT2D eigenvalue weighted by Crippen LogP contribution is 2.17. The summed E-state index contributed by atoms with van der Waals surface area (Å²) < 4.78 is 0. The second kappa shape index (κ2) is 8.47. The van der Waals surface area contributed by atoms with Gasteiger partial charge in [-0.25, -0.2) is 4.98 Å². The van der Waals surface area contributed by atoms with Gasteiger partial charge in [0.15, 0.2) is 0 Å². The topological polar surface area (TPSA) is 52.0 Å². The summed E-state index contributed by atoms with van der Waals surface area (Å²) in [7, 11) is 0. The monoisotopic (exact) mass is 320 g/mol. The lowest BCUT2D eigenvalue weighted by molar-refractivity contribution is 0.214. The molecule has 3 rings (SSSR count). The van der Waals surface area contributed by atoms with Gasteiger partial charge in [-0.15, -0.1) is 0 Å². The third kappa shape index (κ3) is 4.56. The zero-order valence-electron chi connectivity index (χ0n) is 14.0. The number of anilines is 1. The van der Waals surface area contributed by atoms with Gasteiger partial charge < -0.3 is 10.2 Å². The fourth-order valence-electron chi connectivity index (χ4n) is 3.33. The lowest BCUT2D eigenvalue weighted by atomic mass is 10.0. The van der Waals surface area contributed by atoms with Crippen LogP contribution in [0, 0.1) is 11.3 Å². The van der Waals surface area contributed by atoms with E-state index in [2.05, 4.69) is 51.6 Å². The Morgan fingerprint density at radius 3 is 2.92 bits per heavy atom. The highest BCUT2D eigenvalue weighted by atomic mass is 15.2. The Morgan fingerprint density at radius 2 is 2.08 bits per heavy atom. The van der Waals surface area contributed by atoms with Crippen LogP contribution in [0.4, 0.5) is 5.82 Å². The molecule has 1 aromatic carbocycles. The number of hydrogen-bond acceptors (Lipinski definition) is 4. The normalized spacial score (nSPS) is 18.0. The van der Waals surface area contributed by atoms with Gasteiger partial charge in [0.05, 0.1) is 5.56 Å². The van der Waals surface area contributed by atoms with Crippen LogP contribution in [0.25, 0.3) is 0 Å². The summed E-state index contributed by atoms with van der Waals surface area (Å²) in [5, 5.41) is 12.6. The largest absolute Gasteiger partial charge is 0.365 e. The molecule has 0 spiro atoms. The van der Waals surface area contributed by atoms with E-state index in [4.69, 9.17) is 0 Å². The molecule has 1 N–H and O–H groups in total. The highest BCUT2D eigenvalue weighted by Gasteiger charge is 2.20. The Labute approximate surface area is 144 Å². The Kier molecular flexibility index (Phi) is 5.81. The van der Waals surface area contributed by atoms with Gasteiger partial charge in [-0.05, 0) is 56.5 Å². The van der Waals surface area contributed by atoms with Crippen LogP contribution in [-0.4, -0.2) is 35.6 Å². The van der Waals surface area contributed by atoms with Crippen LogP contribution in [0.2, 0.25) is 0 Å². The van der Waals surface area contributed by atoms with Gasteiger partial charge in [0.25, 0.3) is 0 Å². The standard InChI is InChI=1S/C20H24N4/c21-15-18-10-4-12-22-20(18)23-19-11-6-14-24(16-19)13-5-9-17-7-2-1-3-8-17/h1-4,7-8,10,12,19H,5-6,9,11,13-14,16H2,(H,22,23)/t19-/m0/s1. The zero-order valence-corrected chi connectivity index (χ0v) is 14.0. The van der Waals surface area contributed by atoms with Gasteiger partial charge in [0, 0.05) is 18.8 Å². The lowest BCUT2D eigenvalue weighted by Gasteiger charge is -2.33. The number of nitriles is 1. The van der Waals surface area contributed by atoms with E-state index in [-0.39, 0.29) is 0 Å². The van der Waals surface area contributed by atoms with Crippen molar-refractivity contribution in [3.8, 4) is 6.07 Å². The molecule has 0 unspecified atom stereocenters. The number of likely N-dealkylation sites (tertiary alicyclic amines) is 1. The number of rotatable bonds is 6. The van der Waals surface area contributed by atoms with E-state index in [1.807, 2.05) is 6.07 Å². The number of hydrogen-bond donors (Lipinski definition) is 1. The zero-order chi connectivity index (χ0) is 16.6. The fraction of sp³-hybridized carbons (Fsp3) is 0.400. The first-order chi connectivity index (χ1) is 11.8. The molecule has 4 nitrogen and oxygen atoms in total. The van der Waals surface area contributed by atoms with Crippen molar-refractivity contribution in [2.75, 3.05) is 25.0 Å². The lowest BCUT2D eigenvalue weighted by Crippen LogP contribution is -2.42. The molecule has 2 heterocycles. The first-order valence-corrected chi connectivity index (χ1v) is 8.73. The second-order valence-corrected chi connectivity index (χ2v) is 6.38. The van der Waals surface area contributed by atoms with Crippen molar-refractivity contribution in [1.29, 1.82) is 5.26 Å². The number of pyridine rings is 1. The number of benzene rings is 1. The SMILES string of the molecule is N#Cc1cccnc1N[C@H]1CCCN(CCCc2ccccc2)C1. The minimum atomic E-state index is 0.373. The molecule has 4 heteroatoms. The van der Waals surface area contributed by atoms with Crippen LogP contribution < -0.4 is 5.32 Å². The molecule has 2 aromatic rings. The van der Waals surface area contributed by atoms with Crippen LogP contribution >= 0.6 is 0 Å². The van der Waals surface area contributed by atoms with E-state index < -0.39 is 0 Å². The van der Waals surface area contributed by atoms with Crippen molar-refractivity contribution in [3.05, 3.63) is 59.8 Å². The fourth-order valence-corrected chi connectivity index (χ4v) is 3.33. The van der Waals surface area contributed by atoms with E-state index in [9.17, 15) is 5.26 Å². The first-order valence-electron chi connectivity index (χ1n) is 8.73. The van der Waals surface area contributed by atoms with Crippen LogP contribution in [0.15, 0.2) is 48.7 Å². The van der Waals surface area contributed by atoms with Crippen molar-refractivity contribution in [2.45, 2.75) is 31.7 Å². The van der Waals surface area contributed by atoms with Crippen LogP contribution in [0.5, 0.6) is 0 Å². The number of aromatic nitrogens is 1. The highest BCUT2D eigenvalue weighted by molar-refractivity contribution is 5.51. The maximum atomic E-state index is 9.18. The average molecular weight is 320 g/mol. The third-order valence-electron chi connectivity index (χ3n) is 4.56. The van der Waals surface area contributed by atoms with Crippen molar-refractivity contribution >= 4 is 5.82 Å². The van der Waals surface area contributed by atoms with Crippen molar-refractivity contribution in [2.24, 2.45) is 0 Å². The van der Waals surface area contributed by atoms with E-state index in [0.29, 0.717) is 11.6 Å². The molecular weight excluding hydrogens is 296 g/mol. The number of nitrogens with zero attached hydrogens (tertiary/aromatic N) is 3. The van der Waals surface area contributed by atoms with Crippen LogP contribution in [0.3, 0.4) is 0 Å². The summed E-state index contributed by atoms with van der Waals surface area (Å²) in [4.78, 5) is 6.85. The predicted molar refractivity (Wildman–Crippen MR) is 96.8 cm³/mol. The van der Waals surface area contributed by atoms with E-state index >= 15 is 0 Å². The molecule has 1 aliphatic heterocycles. The maximum Gasteiger partial charge on any atom is 0.144 e. The molecule has 1 atom stereocenters. The first kappa shape index (κ1) is 16.5. The summed E-state index contributed by atoms with van der Waals surface area (Å²) in [6.45, 7) is 3.32. The van der Waals surface area contributed by atoms with Gasteiger partial charge in [0.1, 0.15) is 11.9 Å². The third-order valence-corrected chi connectivity index (χ3v) is 4.56. The molecule has 1 aromatic heterocycles. The van der Waals surface area contributed by atoms with Gasteiger partial charge >= 0.3 is 0 Å². The summed E-state index contributed by atoms with van der Waals surface area (Å²) in [5.41, 5.74) is 2.04. The van der Waals surface area contributed by atoms with Gasteiger partial charge in [-0.3, -0.25) is 0 Å². The van der Waals surface area contributed by atoms with E-state index in [1.54, 1.807) is 12.3 Å². The summed E-state index contributed by atoms with van der Waals surface area (Å²) in [5.74, 6) is 0.719. The molecule has 24 heavy (non-hydrogen) atoms. The molecule has 1 fully saturated rings. The number of nitrogens with one attached hydrogen (secondary N) is 1. The molecule has 124 valence electrons. The Morgan fingerprint density at radius 1 is 1.21 bits per heavy atom. The van der Waals surface area contributed by atoms with Crippen molar-refractivity contribution in [3.63, 3.8) is 0 Å². The quantitative estimate of drug-likeness (QED) is 0.885. The molecule has 1 saturated heterocycles. The average Bonchev–Trinajstić information content (AvgIpc) is 2.63. The van der Waals surface area contributed by atoms with Crippen LogP contribution in [-0.2, 0) is 6.42 Å². The number of aryl methyl sites for hydroxylation is 1. The molecule has 0 saturated carbocycles. The molecule has 0 bridgehead atoms. The minimum Gasteiger partial charge on any atom is -0.365 e. The van der Waals surface area contributed by atoms with E-state index in [0.717, 1.165) is 31.7 Å². The molecule has 0 radical (unpaired) electrons. The molecule has 0 aliphatic carbocycles. The summed E-state index contributed by atoms with van der Waals surface area (Å²) in [6, 6.07) is 16.9. The van der Waals surface area contributed by atoms with E-state index in [1.165, 1.54) is 24.9 Å². The van der Waals surface area contributed by atoms with Gasteiger partial charge in [-0.2, -0.15) is 5.26 Å². The Hall–Kier alpha value is -2.38. The maximum absolute atomic E-state index is 9.18. The minimum absolute atomic E-state index is 0.373. The van der Waals surface area contributed by atoms with Crippen molar-refractivity contribution in [1.82, 2.24) is 9.88 Å². The molecule has 1 aliphatic rings. The van der Waals surface area contributed by atoms with Gasteiger partial charge in [0.2, 0.25) is 0 Å². The summed E-state index contributed by atoms with van der Waals surface area (Å²) in [6.07, 6.45) is 6.38. The number of piperidine rings is 1. The summed E-state index contributed by atoms with van der Waals surface area (Å²) >= 11 is 0. The van der Waals surface area contributed by atoms with Crippen molar-refractivity contribution < 1.29 is 0 Å².